The third-order valence-corrected chi connectivity index (χ3v) is 4.99. The summed E-state index contributed by atoms with van der Waals surface area (Å²) < 4.78 is 1.37. The standard InChI is InChI=1S/C19H30N4O3.ClH/c1-11(2)21-16(24)10-23-14(5)18(12(3)6-17(23)25)19(26)22-9-15(8-20)7-13(22)4;/h6,11,13,15H,7-10,20H2,1-5H3,(H,21,24);1H. The summed E-state index contributed by atoms with van der Waals surface area (Å²) in [7, 11) is 0. The average molecular weight is 399 g/mol. The highest BCUT2D eigenvalue weighted by molar-refractivity contribution is 5.97. The van der Waals surface area contributed by atoms with Gasteiger partial charge in [-0.1, -0.05) is 0 Å². The monoisotopic (exact) mass is 398 g/mol. The van der Waals surface area contributed by atoms with Crippen molar-refractivity contribution in [2.24, 2.45) is 11.7 Å². The highest BCUT2D eigenvalue weighted by atomic mass is 35.5. The fourth-order valence-electron chi connectivity index (χ4n) is 3.69. The molecule has 1 aromatic rings. The van der Waals surface area contributed by atoms with Gasteiger partial charge < -0.3 is 20.5 Å². The molecule has 2 atom stereocenters. The van der Waals surface area contributed by atoms with Crippen LogP contribution in [0.2, 0.25) is 0 Å². The van der Waals surface area contributed by atoms with E-state index in [0.29, 0.717) is 35.8 Å². The highest BCUT2D eigenvalue weighted by Gasteiger charge is 2.33. The number of likely N-dealkylation sites (tertiary alicyclic amines) is 1. The van der Waals surface area contributed by atoms with E-state index in [1.54, 1.807) is 13.8 Å². The quantitative estimate of drug-likeness (QED) is 0.779. The third-order valence-electron chi connectivity index (χ3n) is 4.99. The van der Waals surface area contributed by atoms with Gasteiger partial charge in [0.15, 0.2) is 0 Å². The van der Waals surface area contributed by atoms with Crippen molar-refractivity contribution in [1.82, 2.24) is 14.8 Å². The molecule has 1 saturated heterocycles. The Bertz CT molecular complexity index is 760. The number of pyridine rings is 1. The summed E-state index contributed by atoms with van der Waals surface area (Å²) in [6.45, 7) is 10.3. The Kier molecular flexibility index (Phi) is 8.04. The van der Waals surface area contributed by atoms with Crippen LogP contribution >= 0.6 is 12.4 Å². The number of amides is 2. The van der Waals surface area contributed by atoms with Crippen LogP contribution in [0.25, 0.3) is 0 Å². The second kappa shape index (κ2) is 9.37. The molecule has 1 aliphatic rings. The lowest BCUT2D eigenvalue weighted by Gasteiger charge is -2.24. The van der Waals surface area contributed by atoms with Gasteiger partial charge in [-0.2, -0.15) is 0 Å². The number of nitrogens with zero attached hydrogens (tertiary/aromatic N) is 2. The first kappa shape index (κ1) is 23.2. The molecule has 27 heavy (non-hydrogen) atoms. The molecule has 8 heteroatoms. The Hall–Kier alpha value is -1.86. The number of nitrogens with one attached hydrogen (secondary N) is 1. The molecule has 7 nitrogen and oxygen atoms in total. The summed E-state index contributed by atoms with van der Waals surface area (Å²) in [5, 5.41) is 2.78. The van der Waals surface area contributed by atoms with Crippen molar-refractivity contribution in [3.05, 3.63) is 33.2 Å². The Balaban J connectivity index is 0.00000364. The number of hydrogen-bond donors (Lipinski definition) is 2. The van der Waals surface area contributed by atoms with E-state index >= 15 is 0 Å². The van der Waals surface area contributed by atoms with Gasteiger partial charge in [0.25, 0.3) is 11.5 Å². The summed E-state index contributed by atoms with van der Waals surface area (Å²) in [5.74, 6) is -0.0380. The molecule has 1 aliphatic heterocycles. The third kappa shape index (κ3) is 5.11. The Labute approximate surface area is 166 Å². The van der Waals surface area contributed by atoms with Crippen LogP contribution < -0.4 is 16.6 Å². The van der Waals surface area contributed by atoms with Crippen molar-refractivity contribution in [2.45, 2.75) is 59.7 Å². The highest BCUT2D eigenvalue weighted by Crippen LogP contribution is 2.25. The lowest BCUT2D eigenvalue weighted by molar-refractivity contribution is -0.122. The summed E-state index contributed by atoms with van der Waals surface area (Å²) in [5.41, 5.74) is 7.17. The van der Waals surface area contributed by atoms with E-state index in [0.717, 1.165) is 6.42 Å². The molecule has 2 rings (SSSR count). The van der Waals surface area contributed by atoms with E-state index in [-0.39, 0.29) is 48.4 Å². The van der Waals surface area contributed by atoms with Gasteiger partial charge in [0.05, 0.1) is 5.56 Å². The van der Waals surface area contributed by atoms with Crippen molar-refractivity contribution in [1.29, 1.82) is 0 Å². The normalized spacial score (nSPS) is 19.1. The number of nitrogens with two attached hydrogens (primary N) is 1. The molecule has 0 aromatic carbocycles. The van der Waals surface area contributed by atoms with Crippen LogP contribution in [-0.2, 0) is 11.3 Å². The van der Waals surface area contributed by atoms with E-state index in [4.69, 9.17) is 5.73 Å². The Morgan fingerprint density at radius 2 is 1.96 bits per heavy atom. The van der Waals surface area contributed by atoms with Crippen molar-refractivity contribution in [2.75, 3.05) is 13.1 Å². The van der Waals surface area contributed by atoms with Crippen molar-refractivity contribution >= 4 is 24.2 Å². The minimum atomic E-state index is -0.273. The maximum Gasteiger partial charge on any atom is 0.256 e. The summed E-state index contributed by atoms with van der Waals surface area (Å²) in [6.07, 6.45) is 0.886. The van der Waals surface area contributed by atoms with Gasteiger partial charge in [0.2, 0.25) is 5.91 Å². The molecular formula is C19H31ClN4O3. The lowest BCUT2D eigenvalue weighted by atomic mass is 10.1. The van der Waals surface area contributed by atoms with Crippen LogP contribution in [0.4, 0.5) is 0 Å². The molecule has 152 valence electrons. The molecular weight excluding hydrogens is 368 g/mol. The van der Waals surface area contributed by atoms with Gasteiger partial charge in [0.1, 0.15) is 6.54 Å². The molecule has 2 unspecified atom stereocenters. The first-order valence-electron chi connectivity index (χ1n) is 9.17. The van der Waals surface area contributed by atoms with Crippen LogP contribution in [0.5, 0.6) is 0 Å². The molecule has 3 N–H and O–H groups in total. The molecule has 0 bridgehead atoms. The Morgan fingerprint density at radius 3 is 2.48 bits per heavy atom. The number of halogens is 1. The first-order chi connectivity index (χ1) is 12.1. The lowest BCUT2D eigenvalue weighted by Crippen LogP contribution is -2.39. The topological polar surface area (TPSA) is 97.4 Å². The van der Waals surface area contributed by atoms with Gasteiger partial charge in [0, 0.05) is 30.4 Å². The largest absolute Gasteiger partial charge is 0.352 e. The van der Waals surface area contributed by atoms with Crippen LogP contribution in [0.3, 0.4) is 0 Å². The number of carbonyl (C=O) groups excluding carboxylic acids is 2. The Morgan fingerprint density at radius 1 is 1.33 bits per heavy atom. The molecule has 1 fully saturated rings. The average Bonchev–Trinajstić information content (AvgIpc) is 2.91. The number of rotatable bonds is 5. The zero-order valence-electron chi connectivity index (χ0n) is 16.7. The molecule has 0 aliphatic carbocycles. The van der Waals surface area contributed by atoms with Gasteiger partial charge in [-0.25, -0.2) is 0 Å². The predicted octanol–water partition coefficient (Wildman–Crippen LogP) is 1.22. The van der Waals surface area contributed by atoms with E-state index in [1.807, 2.05) is 25.7 Å². The van der Waals surface area contributed by atoms with Crippen LogP contribution in [0, 0.1) is 19.8 Å². The van der Waals surface area contributed by atoms with Crippen LogP contribution in [-0.4, -0.2) is 46.5 Å². The van der Waals surface area contributed by atoms with Gasteiger partial charge in [-0.05, 0) is 59.1 Å². The first-order valence-corrected chi connectivity index (χ1v) is 9.17. The molecule has 1 aromatic heterocycles. The molecule has 0 radical (unpaired) electrons. The van der Waals surface area contributed by atoms with E-state index < -0.39 is 0 Å². The van der Waals surface area contributed by atoms with Gasteiger partial charge in [-0.3, -0.25) is 14.4 Å². The number of aryl methyl sites for hydroxylation is 1. The number of hydrogen-bond acceptors (Lipinski definition) is 4. The van der Waals surface area contributed by atoms with Crippen LogP contribution in [0.15, 0.2) is 10.9 Å². The smallest absolute Gasteiger partial charge is 0.256 e. The molecule has 0 spiro atoms. The van der Waals surface area contributed by atoms with Crippen LogP contribution in [0.1, 0.15) is 48.8 Å². The van der Waals surface area contributed by atoms with Crippen molar-refractivity contribution in [3.8, 4) is 0 Å². The van der Waals surface area contributed by atoms with Gasteiger partial charge in [-0.15, -0.1) is 12.4 Å². The minimum absolute atomic E-state index is 0. The summed E-state index contributed by atoms with van der Waals surface area (Å²) in [4.78, 5) is 39.5. The maximum atomic E-state index is 13.2. The summed E-state index contributed by atoms with van der Waals surface area (Å²) in [6, 6.07) is 1.53. The number of aromatic nitrogens is 1. The second-order valence-corrected chi connectivity index (χ2v) is 7.58. The van der Waals surface area contributed by atoms with E-state index in [9.17, 15) is 14.4 Å². The van der Waals surface area contributed by atoms with Crippen molar-refractivity contribution < 1.29 is 9.59 Å². The van der Waals surface area contributed by atoms with Gasteiger partial charge >= 0.3 is 0 Å². The summed E-state index contributed by atoms with van der Waals surface area (Å²) >= 11 is 0. The minimum Gasteiger partial charge on any atom is -0.352 e. The molecule has 2 heterocycles. The fourth-order valence-corrected chi connectivity index (χ4v) is 3.69. The second-order valence-electron chi connectivity index (χ2n) is 7.58. The van der Waals surface area contributed by atoms with Crippen molar-refractivity contribution in [3.63, 3.8) is 0 Å². The maximum absolute atomic E-state index is 13.2. The van der Waals surface area contributed by atoms with E-state index in [1.165, 1.54) is 10.6 Å². The zero-order valence-corrected chi connectivity index (χ0v) is 17.6. The van der Waals surface area contributed by atoms with E-state index in [2.05, 4.69) is 5.32 Å². The number of carbonyl (C=O) groups is 2. The zero-order chi connectivity index (χ0) is 19.6. The fraction of sp³-hybridized carbons (Fsp3) is 0.632. The predicted molar refractivity (Wildman–Crippen MR) is 108 cm³/mol. The SMILES string of the molecule is Cc1cc(=O)n(CC(=O)NC(C)C)c(C)c1C(=O)N1CC(CN)CC1C.Cl. The molecule has 0 saturated carbocycles. The molecule has 2 amide bonds.